The average molecular weight is 152 g/mol. The Labute approximate surface area is 59.5 Å². The van der Waals surface area contributed by atoms with Crippen molar-refractivity contribution in [1.82, 2.24) is 4.90 Å². The Balaban J connectivity index is 3.51. The lowest BCUT2D eigenvalue weighted by Gasteiger charge is -2.11. The van der Waals surface area contributed by atoms with E-state index in [-0.39, 0.29) is 0 Å². The van der Waals surface area contributed by atoms with Crippen molar-refractivity contribution < 1.29 is 9.53 Å². The molecule has 0 saturated carbocycles. The van der Waals surface area contributed by atoms with Gasteiger partial charge in [0.1, 0.15) is 0 Å². The summed E-state index contributed by atoms with van der Waals surface area (Å²) in [6.07, 6.45) is -0.419. The molecule has 0 heterocycles. The van der Waals surface area contributed by atoms with Crippen LogP contribution < -0.4 is 0 Å². The molecule has 0 spiro atoms. The molecule has 0 aromatic carbocycles. The highest BCUT2D eigenvalue weighted by Crippen LogP contribution is 1.97. The SMILES string of the molecule is C[C@H](Cl)OC(=O)N(C)C. The summed E-state index contributed by atoms with van der Waals surface area (Å²) in [7, 11) is 3.20. The molecule has 54 valence electrons. The van der Waals surface area contributed by atoms with Crippen LogP contribution in [0.5, 0.6) is 0 Å². The predicted octanol–water partition coefficient (Wildman–Crippen LogP) is 1.27. The van der Waals surface area contributed by atoms with Gasteiger partial charge >= 0.3 is 6.09 Å². The molecule has 0 aliphatic carbocycles. The Morgan fingerprint density at radius 3 is 2.22 bits per heavy atom. The van der Waals surface area contributed by atoms with E-state index in [1.165, 1.54) is 4.90 Å². The summed E-state index contributed by atoms with van der Waals surface area (Å²) >= 11 is 5.35. The molecule has 0 radical (unpaired) electrons. The van der Waals surface area contributed by atoms with Gasteiger partial charge in [0.15, 0.2) is 5.56 Å². The van der Waals surface area contributed by atoms with Gasteiger partial charge in [-0.1, -0.05) is 11.6 Å². The minimum absolute atomic E-state index is 0.419. The van der Waals surface area contributed by atoms with Gasteiger partial charge in [0.25, 0.3) is 0 Å². The Morgan fingerprint density at radius 2 is 2.11 bits per heavy atom. The smallest absolute Gasteiger partial charge is 0.410 e. The molecule has 4 heteroatoms. The molecular weight excluding hydrogens is 142 g/mol. The zero-order valence-corrected chi connectivity index (χ0v) is 6.47. The van der Waals surface area contributed by atoms with Crippen LogP contribution in [0.1, 0.15) is 6.92 Å². The van der Waals surface area contributed by atoms with Crippen molar-refractivity contribution in [3.8, 4) is 0 Å². The number of halogens is 1. The summed E-state index contributed by atoms with van der Waals surface area (Å²) in [5.41, 5.74) is -0.556. The molecule has 0 aromatic rings. The van der Waals surface area contributed by atoms with Crippen molar-refractivity contribution in [2.24, 2.45) is 0 Å². The van der Waals surface area contributed by atoms with E-state index >= 15 is 0 Å². The van der Waals surface area contributed by atoms with Crippen LogP contribution in [0.4, 0.5) is 4.79 Å². The largest absolute Gasteiger partial charge is 0.430 e. The molecule has 1 amide bonds. The summed E-state index contributed by atoms with van der Waals surface area (Å²) in [5.74, 6) is 0. The van der Waals surface area contributed by atoms with Gasteiger partial charge < -0.3 is 9.64 Å². The number of ether oxygens (including phenoxy) is 1. The normalized spacial score (nSPS) is 12.4. The van der Waals surface area contributed by atoms with Crippen molar-refractivity contribution >= 4 is 17.7 Å². The molecule has 0 aliphatic heterocycles. The highest BCUT2D eigenvalue weighted by molar-refractivity contribution is 6.19. The van der Waals surface area contributed by atoms with E-state index < -0.39 is 11.7 Å². The van der Waals surface area contributed by atoms with Crippen molar-refractivity contribution in [3.05, 3.63) is 0 Å². The first kappa shape index (κ1) is 8.56. The maximum absolute atomic E-state index is 10.6. The lowest BCUT2D eigenvalue weighted by atomic mass is 10.8. The van der Waals surface area contributed by atoms with Crippen molar-refractivity contribution in [2.75, 3.05) is 14.1 Å². The number of carbonyl (C=O) groups is 1. The zero-order valence-electron chi connectivity index (χ0n) is 5.72. The van der Waals surface area contributed by atoms with Gasteiger partial charge in [0, 0.05) is 14.1 Å². The highest BCUT2D eigenvalue weighted by atomic mass is 35.5. The van der Waals surface area contributed by atoms with Crippen LogP contribution in [0.25, 0.3) is 0 Å². The summed E-state index contributed by atoms with van der Waals surface area (Å²) in [4.78, 5) is 11.9. The molecule has 3 nitrogen and oxygen atoms in total. The molecule has 0 unspecified atom stereocenters. The first-order valence-corrected chi connectivity index (χ1v) is 2.99. The van der Waals surface area contributed by atoms with Gasteiger partial charge in [-0.3, -0.25) is 0 Å². The maximum Gasteiger partial charge on any atom is 0.410 e. The van der Waals surface area contributed by atoms with Crippen LogP contribution in [0, 0.1) is 0 Å². The van der Waals surface area contributed by atoms with Gasteiger partial charge in [-0.25, -0.2) is 4.79 Å². The second kappa shape index (κ2) is 3.56. The Kier molecular flexibility index (Phi) is 3.39. The minimum Gasteiger partial charge on any atom is -0.430 e. The highest BCUT2D eigenvalue weighted by Gasteiger charge is 2.06. The second-order valence-corrected chi connectivity index (χ2v) is 2.44. The third-order valence-electron chi connectivity index (χ3n) is 0.628. The molecule has 0 saturated heterocycles. The summed E-state index contributed by atoms with van der Waals surface area (Å²) in [5, 5.41) is 0. The first-order chi connectivity index (χ1) is 4.04. The second-order valence-electron chi connectivity index (χ2n) is 1.82. The lowest BCUT2D eigenvalue weighted by Crippen LogP contribution is -2.24. The molecule has 0 aliphatic rings. The number of nitrogens with zero attached hydrogens (tertiary/aromatic N) is 1. The van der Waals surface area contributed by atoms with Crippen LogP contribution in [0.3, 0.4) is 0 Å². The van der Waals surface area contributed by atoms with E-state index in [2.05, 4.69) is 4.74 Å². The van der Waals surface area contributed by atoms with Crippen LogP contribution in [0.2, 0.25) is 0 Å². The topological polar surface area (TPSA) is 29.5 Å². The average Bonchev–Trinajstić information content (AvgIpc) is 1.63. The van der Waals surface area contributed by atoms with Gasteiger partial charge in [-0.05, 0) is 6.92 Å². The molecular formula is C5H10ClNO2. The van der Waals surface area contributed by atoms with Gasteiger partial charge in [0.05, 0.1) is 0 Å². The van der Waals surface area contributed by atoms with E-state index in [0.29, 0.717) is 0 Å². The molecule has 0 N–H and O–H groups in total. The van der Waals surface area contributed by atoms with Crippen LogP contribution in [-0.4, -0.2) is 30.7 Å². The maximum atomic E-state index is 10.6. The summed E-state index contributed by atoms with van der Waals surface area (Å²) in [6.45, 7) is 1.59. The molecule has 0 fully saturated rings. The van der Waals surface area contributed by atoms with Gasteiger partial charge in [-0.15, -0.1) is 0 Å². The van der Waals surface area contributed by atoms with Crippen LogP contribution >= 0.6 is 11.6 Å². The fourth-order valence-electron chi connectivity index (χ4n) is 0.244. The van der Waals surface area contributed by atoms with E-state index in [1.807, 2.05) is 0 Å². The number of rotatable bonds is 1. The Hall–Kier alpha value is -0.440. The third-order valence-corrected chi connectivity index (χ3v) is 0.717. The van der Waals surface area contributed by atoms with Crippen molar-refractivity contribution in [2.45, 2.75) is 12.5 Å². The van der Waals surface area contributed by atoms with Crippen molar-refractivity contribution in [1.29, 1.82) is 0 Å². The van der Waals surface area contributed by atoms with Crippen LogP contribution in [-0.2, 0) is 4.74 Å². The number of hydrogen-bond acceptors (Lipinski definition) is 2. The van der Waals surface area contributed by atoms with Gasteiger partial charge in [0.2, 0.25) is 0 Å². The van der Waals surface area contributed by atoms with E-state index in [0.717, 1.165) is 0 Å². The monoisotopic (exact) mass is 151 g/mol. The molecule has 0 bridgehead atoms. The van der Waals surface area contributed by atoms with E-state index in [4.69, 9.17) is 11.6 Å². The van der Waals surface area contributed by atoms with Crippen molar-refractivity contribution in [3.63, 3.8) is 0 Å². The first-order valence-electron chi connectivity index (χ1n) is 2.56. The molecule has 1 atom stereocenters. The lowest BCUT2D eigenvalue weighted by molar-refractivity contribution is 0.111. The minimum atomic E-state index is -0.556. The fraction of sp³-hybridized carbons (Fsp3) is 0.800. The number of amides is 1. The molecule has 0 aromatic heterocycles. The molecule has 9 heavy (non-hydrogen) atoms. The standard InChI is InChI=1S/C5H10ClNO2/c1-4(6)9-5(8)7(2)3/h4H,1-3H3/t4-/m1/s1. The Bertz CT molecular complexity index is 103. The number of carbonyl (C=O) groups excluding carboxylic acids is 1. The third kappa shape index (κ3) is 4.09. The van der Waals surface area contributed by atoms with E-state index in [1.54, 1.807) is 21.0 Å². The molecule has 0 rings (SSSR count). The van der Waals surface area contributed by atoms with Crippen LogP contribution in [0.15, 0.2) is 0 Å². The zero-order chi connectivity index (χ0) is 7.44. The number of hydrogen-bond donors (Lipinski definition) is 0. The quantitative estimate of drug-likeness (QED) is 0.529. The summed E-state index contributed by atoms with van der Waals surface area (Å²) < 4.78 is 4.56. The fourth-order valence-corrected chi connectivity index (χ4v) is 0.321. The predicted molar refractivity (Wildman–Crippen MR) is 35.5 cm³/mol. The number of alkyl halides is 1. The Morgan fingerprint density at radius 1 is 1.67 bits per heavy atom. The summed E-state index contributed by atoms with van der Waals surface area (Å²) in [6, 6.07) is 0. The van der Waals surface area contributed by atoms with Gasteiger partial charge in [-0.2, -0.15) is 0 Å². The van der Waals surface area contributed by atoms with E-state index in [9.17, 15) is 4.79 Å².